The maximum atomic E-state index is 11.8. The van der Waals surface area contributed by atoms with Crippen molar-refractivity contribution < 1.29 is 9.53 Å². The molecule has 21 heavy (non-hydrogen) atoms. The molecule has 0 bridgehead atoms. The Hall–Kier alpha value is -2.29. The molecular formula is C18H21NO2. The molecule has 0 radical (unpaired) electrons. The van der Waals surface area contributed by atoms with Crippen LogP contribution in [0.4, 0.5) is 0 Å². The Balaban J connectivity index is 1.72. The van der Waals surface area contributed by atoms with Gasteiger partial charge in [0.05, 0.1) is 7.11 Å². The number of rotatable bonds is 7. The zero-order chi connectivity index (χ0) is 14.9. The minimum atomic E-state index is 0.0914. The number of hydrogen-bond donors (Lipinski definition) is 1. The van der Waals surface area contributed by atoms with Crippen LogP contribution in [0.5, 0.6) is 5.75 Å². The lowest BCUT2D eigenvalue weighted by Crippen LogP contribution is -2.25. The number of para-hydroxylation sites is 1. The summed E-state index contributed by atoms with van der Waals surface area (Å²) >= 11 is 0. The molecule has 0 aliphatic rings. The quantitative estimate of drug-likeness (QED) is 0.848. The van der Waals surface area contributed by atoms with E-state index in [-0.39, 0.29) is 5.91 Å². The van der Waals surface area contributed by atoms with Crippen molar-refractivity contribution in [3.63, 3.8) is 0 Å². The second-order valence-electron chi connectivity index (χ2n) is 4.90. The Morgan fingerprint density at radius 2 is 1.71 bits per heavy atom. The number of nitrogens with one attached hydrogen (secondary N) is 1. The zero-order valence-electron chi connectivity index (χ0n) is 12.3. The number of ether oxygens (including phenoxy) is 1. The summed E-state index contributed by atoms with van der Waals surface area (Å²) < 4.78 is 5.30. The average Bonchev–Trinajstić information content (AvgIpc) is 2.54. The minimum Gasteiger partial charge on any atom is -0.496 e. The van der Waals surface area contributed by atoms with E-state index >= 15 is 0 Å². The molecule has 0 aliphatic carbocycles. The molecule has 2 aromatic rings. The summed E-state index contributed by atoms with van der Waals surface area (Å²) in [5, 5.41) is 2.96. The summed E-state index contributed by atoms with van der Waals surface area (Å²) in [4.78, 5) is 11.8. The van der Waals surface area contributed by atoms with Crippen molar-refractivity contribution in [1.29, 1.82) is 0 Å². The maximum absolute atomic E-state index is 11.8. The fraction of sp³-hybridized carbons (Fsp3) is 0.278. The van der Waals surface area contributed by atoms with Crippen molar-refractivity contribution in [1.82, 2.24) is 5.32 Å². The highest BCUT2D eigenvalue weighted by Gasteiger charge is 2.04. The third-order valence-electron chi connectivity index (χ3n) is 3.39. The van der Waals surface area contributed by atoms with Gasteiger partial charge in [0.15, 0.2) is 0 Å². The van der Waals surface area contributed by atoms with Crippen molar-refractivity contribution in [2.45, 2.75) is 19.3 Å². The van der Waals surface area contributed by atoms with Gasteiger partial charge in [0, 0.05) is 13.0 Å². The third kappa shape index (κ3) is 4.95. The van der Waals surface area contributed by atoms with E-state index in [4.69, 9.17) is 4.74 Å². The number of carbonyl (C=O) groups is 1. The molecule has 0 atom stereocenters. The van der Waals surface area contributed by atoms with Crippen molar-refractivity contribution in [3.8, 4) is 5.75 Å². The topological polar surface area (TPSA) is 38.3 Å². The lowest BCUT2D eigenvalue weighted by Gasteiger charge is -2.09. The molecule has 0 aromatic heterocycles. The van der Waals surface area contributed by atoms with Gasteiger partial charge >= 0.3 is 0 Å². The summed E-state index contributed by atoms with van der Waals surface area (Å²) in [5.74, 6) is 0.963. The fourth-order valence-corrected chi connectivity index (χ4v) is 2.24. The third-order valence-corrected chi connectivity index (χ3v) is 3.39. The summed E-state index contributed by atoms with van der Waals surface area (Å²) in [6, 6.07) is 17.9. The van der Waals surface area contributed by atoms with Crippen LogP contribution < -0.4 is 10.1 Å². The number of amides is 1. The molecule has 3 heteroatoms. The van der Waals surface area contributed by atoms with Gasteiger partial charge < -0.3 is 10.1 Å². The van der Waals surface area contributed by atoms with Gasteiger partial charge in [0.1, 0.15) is 5.75 Å². The highest BCUT2D eigenvalue weighted by molar-refractivity contribution is 5.76. The van der Waals surface area contributed by atoms with Crippen LogP contribution in [0.1, 0.15) is 17.5 Å². The van der Waals surface area contributed by atoms with Crippen LogP contribution in [-0.2, 0) is 17.6 Å². The van der Waals surface area contributed by atoms with E-state index in [1.54, 1.807) is 7.11 Å². The maximum Gasteiger partial charge on any atom is 0.220 e. The monoisotopic (exact) mass is 283 g/mol. The molecule has 0 spiro atoms. The molecular weight excluding hydrogens is 262 g/mol. The van der Waals surface area contributed by atoms with E-state index in [0.717, 1.165) is 24.2 Å². The van der Waals surface area contributed by atoms with Crippen molar-refractivity contribution in [3.05, 3.63) is 65.7 Å². The smallest absolute Gasteiger partial charge is 0.220 e. The van der Waals surface area contributed by atoms with Gasteiger partial charge in [-0.1, -0.05) is 48.5 Å². The van der Waals surface area contributed by atoms with Gasteiger partial charge in [0.2, 0.25) is 5.91 Å². The molecule has 0 unspecified atom stereocenters. The molecule has 0 fully saturated rings. The first kappa shape index (κ1) is 15.1. The molecule has 3 nitrogen and oxygen atoms in total. The van der Waals surface area contributed by atoms with Crippen molar-refractivity contribution in [2.24, 2.45) is 0 Å². The lowest BCUT2D eigenvalue weighted by atomic mass is 10.1. The number of benzene rings is 2. The molecule has 1 amide bonds. The van der Waals surface area contributed by atoms with E-state index in [9.17, 15) is 4.79 Å². The second kappa shape index (κ2) is 8.10. The first-order chi connectivity index (χ1) is 10.3. The van der Waals surface area contributed by atoms with E-state index in [2.05, 4.69) is 5.32 Å². The summed E-state index contributed by atoms with van der Waals surface area (Å²) in [5.41, 5.74) is 2.31. The summed E-state index contributed by atoms with van der Waals surface area (Å²) in [6.07, 6.45) is 2.08. The SMILES string of the molecule is COc1ccccc1CCNC(=O)CCc1ccccc1. The van der Waals surface area contributed by atoms with Gasteiger partial charge in [-0.3, -0.25) is 4.79 Å². The second-order valence-corrected chi connectivity index (χ2v) is 4.90. The molecule has 1 N–H and O–H groups in total. The highest BCUT2D eigenvalue weighted by Crippen LogP contribution is 2.17. The Bertz CT molecular complexity index is 566. The predicted octanol–water partition coefficient (Wildman–Crippen LogP) is 2.99. The van der Waals surface area contributed by atoms with Crippen LogP contribution in [0.3, 0.4) is 0 Å². The average molecular weight is 283 g/mol. The fourth-order valence-electron chi connectivity index (χ4n) is 2.24. The highest BCUT2D eigenvalue weighted by atomic mass is 16.5. The van der Waals surface area contributed by atoms with Crippen LogP contribution in [0.25, 0.3) is 0 Å². The van der Waals surface area contributed by atoms with E-state index in [1.165, 1.54) is 5.56 Å². The Morgan fingerprint density at radius 1 is 1.00 bits per heavy atom. The first-order valence-corrected chi connectivity index (χ1v) is 7.22. The number of methoxy groups -OCH3 is 1. The standard InChI is InChI=1S/C18H21NO2/c1-21-17-10-6-5-9-16(17)13-14-19-18(20)12-11-15-7-3-2-4-8-15/h2-10H,11-14H2,1H3,(H,19,20). The molecule has 2 rings (SSSR count). The molecule has 0 aliphatic heterocycles. The van der Waals surface area contributed by atoms with E-state index in [0.29, 0.717) is 13.0 Å². The van der Waals surface area contributed by atoms with Crippen LogP contribution in [0, 0.1) is 0 Å². The van der Waals surface area contributed by atoms with Gasteiger partial charge in [-0.15, -0.1) is 0 Å². The van der Waals surface area contributed by atoms with Gasteiger partial charge in [-0.2, -0.15) is 0 Å². The van der Waals surface area contributed by atoms with E-state index < -0.39 is 0 Å². The zero-order valence-corrected chi connectivity index (χ0v) is 12.3. The van der Waals surface area contributed by atoms with Crippen LogP contribution in [-0.4, -0.2) is 19.6 Å². The molecule has 2 aromatic carbocycles. The van der Waals surface area contributed by atoms with E-state index in [1.807, 2.05) is 54.6 Å². The van der Waals surface area contributed by atoms with Gasteiger partial charge in [-0.25, -0.2) is 0 Å². The number of carbonyl (C=O) groups excluding carboxylic acids is 1. The van der Waals surface area contributed by atoms with Gasteiger partial charge in [-0.05, 0) is 30.0 Å². The Kier molecular flexibility index (Phi) is 5.83. The largest absolute Gasteiger partial charge is 0.496 e. The molecule has 110 valence electrons. The molecule has 0 saturated heterocycles. The van der Waals surface area contributed by atoms with Crippen LogP contribution in [0.2, 0.25) is 0 Å². The number of aryl methyl sites for hydroxylation is 1. The predicted molar refractivity (Wildman–Crippen MR) is 84.5 cm³/mol. The van der Waals surface area contributed by atoms with Crippen molar-refractivity contribution >= 4 is 5.91 Å². The summed E-state index contributed by atoms with van der Waals surface area (Å²) in [7, 11) is 1.66. The van der Waals surface area contributed by atoms with Crippen LogP contribution in [0.15, 0.2) is 54.6 Å². The molecule has 0 saturated carbocycles. The minimum absolute atomic E-state index is 0.0914. The number of hydrogen-bond acceptors (Lipinski definition) is 2. The lowest BCUT2D eigenvalue weighted by molar-refractivity contribution is -0.121. The van der Waals surface area contributed by atoms with Crippen molar-refractivity contribution in [2.75, 3.05) is 13.7 Å². The normalized spacial score (nSPS) is 10.1. The molecule has 0 heterocycles. The van der Waals surface area contributed by atoms with Crippen LogP contribution >= 0.6 is 0 Å². The Morgan fingerprint density at radius 3 is 2.48 bits per heavy atom. The summed E-state index contributed by atoms with van der Waals surface area (Å²) in [6.45, 7) is 0.633. The first-order valence-electron chi connectivity index (χ1n) is 7.22. The van der Waals surface area contributed by atoms with Gasteiger partial charge in [0.25, 0.3) is 0 Å². The Labute approximate surface area is 126 Å².